The third-order valence-corrected chi connectivity index (χ3v) is 4.83. The van der Waals surface area contributed by atoms with Crippen LogP contribution in [0.1, 0.15) is 49.4 Å². The highest BCUT2D eigenvalue weighted by atomic mass is 16.3. The summed E-state index contributed by atoms with van der Waals surface area (Å²) in [6, 6.07) is 7.82. The van der Waals surface area contributed by atoms with E-state index in [1.807, 2.05) is 24.3 Å². The number of hydrogen-bond acceptors (Lipinski definition) is 3. The van der Waals surface area contributed by atoms with Gasteiger partial charge in [-0.1, -0.05) is 0 Å². The maximum Gasteiger partial charge on any atom is 0.251 e. The van der Waals surface area contributed by atoms with E-state index in [9.17, 15) is 9.90 Å². The second-order valence-electron chi connectivity index (χ2n) is 6.63. The fourth-order valence-corrected chi connectivity index (χ4v) is 3.13. The summed E-state index contributed by atoms with van der Waals surface area (Å²) in [6.45, 7) is 3.87. The van der Waals surface area contributed by atoms with Gasteiger partial charge < -0.3 is 15.3 Å². The Balaban J connectivity index is 1.62. The molecule has 1 aliphatic carbocycles. The van der Waals surface area contributed by atoms with Gasteiger partial charge in [-0.25, -0.2) is 0 Å². The Bertz CT molecular complexity index is 500. The van der Waals surface area contributed by atoms with Gasteiger partial charge in [0, 0.05) is 29.9 Å². The van der Waals surface area contributed by atoms with E-state index in [1.54, 1.807) is 0 Å². The lowest BCUT2D eigenvalue weighted by molar-refractivity contribution is 0.0850. The summed E-state index contributed by atoms with van der Waals surface area (Å²) in [5.74, 6) is 0.0258. The Labute approximate surface area is 126 Å². The minimum atomic E-state index is -0.158. The van der Waals surface area contributed by atoms with Crippen LogP contribution in [0.5, 0.6) is 0 Å². The molecular weight excluding hydrogens is 264 g/mol. The van der Waals surface area contributed by atoms with Gasteiger partial charge in [0.2, 0.25) is 0 Å². The second-order valence-corrected chi connectivity index (χ2v) is 6.63. The number of anilines is 1. The molecule has 3 rings (SSSR count). The zero-order chi connectivity index (χ0) is 14.9. The third kappa shape index (κ3) is 3.21. The van der Waals surface area contributed by atoms with Crippen molar-refractivity contribution in [2.75, 3.05) is 18.0 Å². The van der Waals surface area contributed by atoms with Crippen LogP contribution in [0.15, 0.2) is 24.3 Å². The van der Waals surface area contributed by atoms with E-state index in [2.05, 4.69) is 17.1 Å². The number of amides is 1. The van der Waals surface area contributed by atoms with Crippen molar-refractivity contribution in [1.82, 2.24) is 5.32 Å². The molecule has 2 aliphatic rings. The van der Waals surface area contributed by atoms with Crippen LogP contribution in [0.3, 0.4) is 0 Å². The maximum atomic E-state index is 12.2. The van der Waals surface area contributed by atoms with Crippen LogP contribution < -0.4 is 10.2 Å². The lowest BCUT2D eigenvalue weighted by Crippen LogP contribution is -2.50. The van der Waals surface area contributed by atoms with E-state index in [0.717, 1.165) is 50.0 Å². The van der Waals surface area contributed by atoms with Gasteiger partial charge in [0.25, 0.3) is 5.91 Å². The molecule has 1 saturated heterocycles. The van der Waals surface area contributed by atoms with E-state index >= 15 is 0 Å². The standard InChI is InChI=1S/C17H24N2O2/c1-17(9-2-10-17)18-16(21)13-3-5-14(6-4-13)19-11-7-15(20)8-12-19/h3-6,15,20H,2,7-12H2,1H3,(H,18,21). The first-order valence-electron chi connectivity index (χ1n) is 7.91. The number of rotatable bonds is 3. The van der Waals surface area contributed by atoms with Crippen molar-refractivity contribution in [3.8, 4) is 0 Å². The maximum absolute atomic E-state index is 12.2. The lowest BCUT2D eigenvalue weighted by atomic mass is 9.78. The molecular formula is C17H24N2O2. The van der Waals surface area contributed by atoms with Crippen molar-refractivity contribution in [1.29, 1.82) is 0 Å². The highest BCUT2D eigenvalue weighted by Crippen LogP contribution is 2.31. The molecule has 1 saturated carbocycles. The molecule has 21 heavy (non-hydrogen) atoms. The molecule has 4 nitrogen and oxygen atoms in total. The van der Waals surface area contributed by atoms with Crippen LogP contribution in [0, 0.1) is 0 Å². The molecule has 114 valence electrons. The average molecular weight is 288 g/mol. The predicted octanol–water partition coefficient (Wildman–Crippen LogP) is 2.32. The van der Waals surface area contributed by atoms with Crippen LogP contribution in [0.2, 0.25) is 0 Å². The zero-order valence-electron chi connectivity index (χ0n) is 12.6. The van der Waals surface area contributed by atoms with Crippen LogP contribution in [-0.2, 0) is 0 Å². The molecule has 2 N–H and O–H groups in total. The molecule has 0 radical (unpaired) electrons. The first-order chi connectivity index (χ1) is 10.1. The molecule has 0 spiro atoms. The molecule has 0 unspecified atom stereocenters. The summed E-state index contributed by atoms with van der Waals surface area (Å²) in [7, 11) is 0. The lowest BCUT2D eigenvalue weighted by Gasteiger charge is -2.39. The van der Waals surface area contributed by atoms with Gasteiger partial charge in [0.1, 0.15) is 0 Å². The Morgan fingerprint density at radius 3 is 2.38 bits per heavy atom. The summed E-state index contributed by atoms with van der Waals surface area (Å²) in [5, 5.41) is 12.7. The molecule has 1 aromatic carbocycles. The number of aliphatic hydroxyl groups is 1. The van der Waals surface area contributed by atoms with E-state index in [1.165, 1.54) is 6.42 Å². The van der Waals surface area contributed by atoms with E-state index < -0.39 is 0 Å². The monoisotopic (exact) mass is 288 g/mol. The molecule has 1 aromatic rings. The van der Waals surface area contributed by atoms with Gasteiger partial charge in [-0.3, -0.25) is 4.79 Å². The average Bonchev–Trinajstić information content (AvgIpc) is 2.46. The van der Waals surface area contributed by atoms with Crippen molar-refractivity contribution in [2.24, 2.45) is 0 Å². The number of benzene rings is 1. The van der Waals surface area contributed by atoms with Gasteiger partial charge >= 0.3 is 0 Å². The minimum absolute atomic E-state index is 0.00123. The first kappa shape index (κ1) is 14.4. The fourth-order valence-electron chi connectivity index (χ4n) is 3.13. The van der Waals surface area contributed by atoms with E-state index in [0.29, 0.717) is 0 Å². The number of piperidine rings is 1. The molecule has 1 amide bonds. The summed E-state index contributed by atoms with van der Waals surface area (Å²) in [6.07, 6.45) is 4.84. The first-order valence-corrected chi connectivity index (χ1v) is 7.91. The number of nitrogens with one attached hydrogen (secondary N) is 1. The third-order valence-electron chi connectivity index (χ3n) is 4.83. The Morgan fingerprint density at radius 1 is 1.24 bits per heavy atom. The second kappa shape index (κ2) is 5.68. The molecule has 0 atom stereocenters. The summed E-state index contributed by atoms with van der Waals surface area (Å²) in [4.78, 5) is 14.5. The fraction of sp³-hybridized carbons (Fsp3) is 0.588. The quantitative estimate of drug-likeness (QED) is 0.897. The number of carbonyl (C=O) groups excluding carboxylic acids is 1. The van der Waals surface area contributed by atoms with Gasteiger partial charge in [-0.05, 0) is 63.3 Å². The molecule has 4 heteroatoms. The normalized spacial score (nSPS) is 21.7. The summed E-state index contributed by atoms with van der Waals surface area (Å²) >= 11 is 0. The van der Waals surface area contributed by atoms with Gasteiger partial charge in [0.05, 0.1) is 6.10 Å². The van der Waals surface area contributed by atoms with Crippen molar-refractivity contribution < 1.29 is 9.90 Å². The summed E-state index contributed by atoms with van der Waals surface area (Å²) in [5.41, 5.74) is 1.86. The highest BCUT2D eigenvalue weighted by molar-refractivity contribution is 5.95. The van der Waals surface area contributed by atoms with Crippen molar-refractivity contribution in [2.45, 2.75) is 50.7 Å². The Kier molecular flexibility index (Phi) is 3.89. The van der Waals surface area contributed by atoms with E-state index in [-0.39, 0.29) is 17.6 Å². The van der Waals surface area contributed by atoms with Gasteiger partial charge in [-0.15, -0.1) is 0 Å². The predicted molar refractivity (Wildman–Crippen MR) is 83.6 cm³/mol. The minimum Gasteiger partial charge on any atom is -0.393 e. The van der Waals surface area contributed by atoms with Crippen LogP contribution in [0.25, 0.3) is 0 Å². The molecule has 1 heterocycles. The largest absolute Gasteiger partial charge is 0.393 e. The van der Waals surface area contributed by atoms with Crippen molar-refractivity contribution in [3.05, 3.63) is 29.8 Å². The number of carbonyl (C=O) groups is 1. The van der Waals surface area contributed by atoms with Gasteiger partial charge in [-0.2, -0.15) is 0 Å². The number of aliphatic hydroxyl groups excluding tert-OH is 1. The SMILES string of the molecule is CC1(NC(=O)c2ccc(N3CCC(O)CC3)cc2)CCC1. The van der Waals surface area contributed by atoms with Crippen molar-refractivity contribution >= 4 is 11.6 Å². The van der Waals surface area contributed by atoms with Crippen LogP contribution in [0.4, 0.5) is 5.69 Å². The van der Waals surface area contributed by atoms with Crippen LogP contribution in [-0.4, -0.2) is 35.7 Å². The molecule has 0 aromatic heterocycles. The smallest absolute Gasteiger partial charge is 0.251 e. The number of nitrogens with zero attached hydrogens (tertiary/aromatic N) is 1. The topological polar surface area (TPSA) is 52.6 Å². The molecule has 1 aliphatic heterocycles. The highest BCUT2D eigenvalue weighted by Gasteiger charge is 2.33. The van der Waals surface area contributed by atoms with Crippen molar-refractivity contribution in [3.63, 3.8) is 0 Å². The molecule has 0 bridgehead atoms. The van der Waals surface area contributed by atoms with E-state index in [4.69, 9.17) is 0 Å². The Hall–Kier alpha value is -1.55. The zero-order valence-corrected chi connectivity index (χ0v) is 12.6. The van der Waals surface area contributed by atoms with Crippen LogP contribution >= 0.6 is 0 Å². The Morgan fingerprint density at radius 2 is 1.86 bits per heavy atom. The summed E-state index contributed by atoms with van der Waals surface area (Å²) < 4.78 is 0. The number of hydrogen-bond donors (Lipinski definition) is 2. The van der Waals surface area contributed by atoms with Gasteiger partial charge in [0.15, 0.2) is 0 Å². The molecule has 2 fully saturated rings.